The summed E-state index contributed by atoms with van der Waals surface area (Å²) < 4.78 is 8.45. The van der Waals surface area contributed by atoms with Crippen LogP contribution in [0.5, 0.6) is 0 Å². The van der Waals surface area contributed by atoms with E-state index in [-0.39, 0.29) is 11.6 Å². The molecule has 0 saturated heterocycles. The minimum atomic E-state index is -0.257. The van der Waals surface area contributed by atoms with Crippen molar-refractivity contribution in [3.05, 3.63) is 16.4 Å². The monoisotopic (exact) mass is 347 g/mol. The number of likely N-dealkylation sites (N-methyl/N-ethyl adjacent to an activating group) is 1. The van der Waals surface area contributed by atoms with Crippen molar-refractivity contribution in [2.24, 2.45) is 5.84 Å². The van der Waals surface area contributed by atoms with Crippen molar-refractivity contribution in [2.45, 2.75) is 38.5 Å². The van der Waals surface area contributed by atoms with Gasteiger partial charge in [0.2, 0.25) is 0 Å². The van der Waals surface area contributed by atoms with E-state index in [1.807, 2.05) is 38.8 Å². The van der Waals surface area contributed by atoms with Gasteiger partial charge in [0.1, 0.15) is 0 Å². The summed E-state index contributed by atoms with van der Waals surface area (Å²) in [6, 6.07) is -0.0241. The number of nitrogens with zero attached hydrogens (tertiary/aromatic N) is 3. The molecule has 1 aromatic rings. The summed E-state index contributed by atoms with van der Waals surface area (Å²) in [6.07, 6.45) is 2.57. The number of halogens is 1. The third-order valence-electron chi connectivity index (χ3n) is 3.37. The van der Waals surface area contributed by atoms with Gasteiger partial charge in [0.05, 0.1) is 34.6 Å². The molecular weight excluding hydrogens is 322 g/mol. The summed E-state index contributed by atoms with van der Waals surface area (Å²) >= 11 is 3.56. The van der Waals surface area contributed by atoms with Crippen LogP contribution in [0.2, 0.25) is 0 Å². The Balaban J connectivity index is 2.93. The molecule has 0 spiro atoms. The normalized spacial score (nSPS) is 14.0. The van der Waals surface area contributed by atoms with Crippen LogP contribution >= 0.6 is 15.9 Å². The van der Waals surface area contributed by atoms with Gasteiger partial charge in [-0.2, -0.15) is 5.10 Å². The van der Waals surface area contributed by atoms with Crippen molar-refractivity contribution in [3.63, 3.8) is 0 Å². The fourth-order valence-electron chi connectivity index (χ4n) is 2.00. The van der Waals surface area contributed by atoms with Crippen molar-refractivity contribution in [1.29, 1.82) is 0 Å². The first-order chi connectivity index (χ1) is 9.30. The van der Waals surface area contributed by atoms with Crippen molar-refractivity contribution in [2.75, 3.05) is 27.7 Å². The Bertz CT molecular complexity index is 419. The van der Waals surface area contributed by atoms with Gasteiger partial charge in [0, 0.05) is 13.7 Å². The highest BCUT2D eigenvalue weighted by Gasteiger charge is 2.27. The number of nitrogens with two attached hydrogens (primary N) is 1. The van der Waals surface area contributed by atoms with E-state index in [1.54, 1.807) is 7.11 Å². The zero-order valence-electron chi connectivity index (χ0n) is 13.0. The highest BCUT2D eigenvalue weighted by Crippen LogP contribution is 2.30. The number of aromatic nitrogens is 2. The zero-order chi connectivity index (χ0) is 15.3. The van der Waals surface area contributed by atoms with Crippen LogP contribution < -0.4 is 11.3 Å². The van der Waals surface area contributed by atoms with Crippen molar-refractivity contribution in [3.8, 4) is 0 Å². The van der Waals surface area contributed by atoms with Crippen LogP contribution in [-0.4, -0.2) is 48.0 Å². The van der Waals surface area contributed by atoms with Crippen molar-refractivity contribution >= 4 is 15.9 Å². The Kier molecular flexibility index (Phi) is 6.60. The van der Waals surface area contributed by atoms with Crippen LogP contribution in [0.3, 0.4) is 0 Å². The molecule has 0 aliphatic rings. The van der Waals surface area contributed by atoms with Gasteiger partial charge in [-0.3, -0.25) is 16.0 Å². The van der Waals surface area contributed by atoms with Crippen molar-refractivity contribution in [1.82, 2.24) is 20.1 Å². The number of rotatable bonds is 8. The minimum absolute atomic E-state index is 0.0241. The maximum atomic E-state index is 5.74. The third-order valence-corrected chi connectivity index (χ3v) is 3.98. The predicted molar refractivity (Wildman–Crippen MR) is 84.3 cm³/mol. The quantitative estimate of drug-likeness (QED) is 0.551. The van der Waals surface area contributed by atoms with Crippen LogP contribution in [0.25, 0.3) is 0 Å². The Morgan fingerprint density at radius 1 is 1.55 bits per heavy atom. The number of methoxy groups -OCH3 is 1. The number of ether oxygens (including phenoxy) is 1. The molecule has 1 rings (SSSR count). The number of hydrazine groups is 1. The van der Waals surface area contributed by atoms with Gasteiger partial charge in [-0.05, 0) is 50.3 Å². The van der Waals surface area contributed by atoms with Gasteiger partial charge in [-0.1, -0.05) is 0 Å². The van der Waals surface area contributed by atoms with Gasteiger partial charge in [0.15, 0.2) is 0 Å². The molecule has 0 amide bonds. The Morgan fingerprint density at radius 3 is 2.70 bits per heavy atom. The molecule has 7 heteroatoms. The highest BCUT2D eigenvalue weighted by molar-refractivity contribution is 9.10. The number of hydrogen-bond acceptors (Lipinski definition) is 5. The fraction of sp³-hybridized carbons (Fsp3) is 0.769. The number of nitrogens with one attached hydrogen (secondary N) is 1. The molecule has 3 N–H and O–H groups in total. The van der Waals surface area contributed by atoms with E-state index < -0.39 is 0 Å². The third kappa shape index (κ3) is 4.82. The molecule has 1 aromatic heterocycles. The van der Waals surface area contributed by atoms with E-state index in [2.05, 4.69) is 31.4 Å². The van der Waals surface area contributed by atoms with Crippen LogP contribution in [0, 0.1) is 0 Å². The lowest BCUT2D eigenvalue weighted by atomic mass is 9.97. The Labute approximate surface area is 129 Å². The van der Waals surface area contributed by atoms with E-state index >= 15 is 0 Å². The average molecular weight is 348 g/mol. The molecule has 116 valence electrons. The summed E-state index contributed by atoms with van der Waals surface area (Å²) in [5.74, 6) is 5.74. The fourth-order valence-corrected chi connectivity index (χ4v) is 2.57. The molecular formula is C13H26BrN5O. The second-order valence-corrected chi connectivity index (χ2v) is 6.65. The largest absolute Gasteiger partial charge is 0.379 e. The van der Waals surface area contributed by atoms with Crippen LogP contribution in [-0.2, 0) is 11.3 Å². The van der Waals surface area contributed by atoms with Gasteiger partial charge in [0.25, 0.3) is 0 Å². The van der Waals surface area contributed by atoms with Gasteiger partial charge in [-0.25, -0.2) is 0 Å². The van der Waals surface area contributed by atoms with E-state index in [0.717, 1.165) is 29.7 Å². The summed E-state index contributed by atoms with van der Waals surface area (Å²) in [7, 11) is 5.81. The Hall–Kier alpha value is -0.470. The van der Waals surface area contributed by atoms with Gasteiger partial charge >= 0.3 is 0 Å². The molecule has 6 nitrogen and oxygen atoms in total. The minimum Gasteiger partial charge on any atom is -0.379 e. The molecule has 0 radical (unpaired) electrons. The van der Waals surface area contributed by atoms with Crippen molar-refractivity contribution < 1.29 is 4.74 Å². The van der Waals surface area contributed by atoms with E-state index in [0.29, 0.717) is 0 Å². The van der Waals surface area contributed by atoms with Crippen LogP contribution in [0.1, 0.15) is 32.0 Å². The maximum Gasteiger partial charge on any atom is 0.0710 e. The lowest BCUT2D eigenvalue weighted by Crippen LogP contribution is -2.37. The summed E-state index contributed by atoms with van der Waals surface area (Å²) in [6.45, 7) is 5.84. The lowest BCUT2D eigenvalue weighted by molar-refractivity contribution is 0.00600. The molecule has 0 saturated carbocycles. The molecule has 1 atom stereocenters. The van der Waals surface area contributed by atoms with Crippen LogP contribution in [0.15, 0.2) is 10.7 Å². The smallest absolute Gasteiger partial charge is 0.0710 e. The first-order valence-corrected chi connectivity index (χ1v) is 7.47. The van der Waals surface area contributed by atoms with E-state index in [4.69, 9.17) is 10.6 Å². The first-order valence-electron chi connectivity index (χ1n) is 6.68. The molecule has 0 bridgehead atoms. The van der Waals surface area contributed by atoms with E-state index in [9.17, 15) is 0 Å². The predicted octanol–water partition coefficient (Wildman–Crippen LogP) is 1.53. The highest BCUT2D eigenvalue weighted by atomic mass is 79.9. The standard InChI is InChI=1S/C13H26BrN5O/c1-13(2,20-5)8-11(17-15)12-10(14)9-16-19(12)7-6-18(3)4/h9,11,17H,6-8,15H2,1-5H3. The molecule has 0 fully saturated rings. The molecule has 0 aromatic carbocycles. The molecule has 20 heavy (non-hydrogen) atoms. The second-order valence-electron chi connectivity index (χ2n) is 5.79. The zero-order valence-corrected chi connectivity index (χ0v) is 14.6. The van der Waals surface area contributed by atoms with Gasteiger partial charge in [-0.15, -0.1) is 0 Å². The molecule has 1 heterocycles. The maximum absolute atomic E-state index is 5.74. The second kappa shape index (κ2) is 7.51. The lowest BCUT2D eigenvalue weighted by Gasteiger charge is -2.29. The molecule has 1 unspecified atom stereocenters. The van der Waals surface area contributed by atoms with E-state index in [1.165, 1.54) is 0 Å². The topological polar surface area (TPSA) is 68.3 Å². The van der Waals surface area contributed by atoms with Gasteiger partial charge < -0.3 is 9.64 Å². The summed E-state index contributed by atoms with van der Waals surface area (Å²) in [4.78, 5) is 2.13. The summed E-state index contributed by atoms with van der Waals surface area (Å²) in [5.41, 5.74) is 3.68. The summed E-state index contributed by atoms with van der Waals surface area (Å²) in [5, 5.41) is 4.42. The SMILES string of the molecule is COC(C)(C)CC(NN)c1c(Br)cnn1CCN(C)C. The first kappa shape index (κ1) is 17.6. The molecule has 0 aliphatic carbocycles. The average Bonchev–Trinajstić information content (AvgIpc) is 2.75. The Morgan fingerprint density at radius 2 is 2.20 bits per heavy atom. The van der Waals surface area contributed by atoms with Crippen LogP contribution in [0.4, 0.5) is 0 Å². The number of hydrogen-bond donors (Lipinski definition) is 2. The molecule has 0 aliphatic heterocycles.